The Morgan fingerprint density at radius 3 is 2.68 bits per heavy atom. The molecule has 1 heterocycles. The van der Waals surface area contributed by atoms with E-state index in [-0.39, 0.29) is 17.1 Å². The molecular weight excluding hydrogens is 382 g/mol. The van der Waals surface area contributed by atoms with Gasteiger partial charge in [0.2, 0.25) is 10.0 Å². The molecule has 0 amide bonds. The number of aromatic nitrogens is 1. The summed E-state index contributed by atoms with van der Waals surface area (Å²) in [5.41, 5.74) is 1.70. The first-order chi connectivity index (χ1) is 13.3. The molecule has 0 aliphatic rings. The van der Waals surface area contributed by atoms with Gasteiger partial charge in [-0.2, -0.15) is 0 Å². The first-order valence-corrected chi connectivity index (χ1v) is 9.92. The minimum Gasteiger partial charge on any atom is -0.497 e. The van der Waals surface area contributed by atoms with Gasteiger partial charge in [0, 0.05) is 17.3 Å². The molecule has 0 fully saturated rings. The average Bonchev–Trinajstić information content (AvgIpc) is 2.67. The molecule has 28 heavy (non-hydrogen) atoms. The Morgan fingerprint density at radius 1 is 1.21 bits per heavy atom. The van der Waals surface area contributed by atoms with E-state index in [2.05, 4.69) is 10.3 Å². The first-order valence-electron chi connectivity index (χ1n) is 8.37. The van der Waals surface area contributed by atoms with Gasteiger partial charge in [-0.3, -0.25) is 4.98 Å². The number of carbonyl (C=O) groups excluding carboxylic acids is 1. The highest BCUT2D eigenvalue weighted by atomic mass is 32.2. The number of fused-ring (bicyclic) bond motifs is 1. The van der Waals surface area contributed by atoms with Gasteiger partial charge in [-0.15, -0.1) is 0 Å². The minimum atomic E-state index is -3.87. The fourth-order valence-electron chi connectivity index (χ4n) is 2.69. The summed E-state index contributed by atoms with van der Waals surface area (Å²) in [5.74, 6) is 0.0291. The lowest BCUT2D eigenvalue weighted by Gasteiger charge is -2.15. The third-order valence-corrected chi connectivity index (χ3v) is 4.91. The second kappa shape index (κ2) is 7.83. The molecule has 0 radical (unpaired) electrons. The van der Waals surface area contributed by atoms with Crippen molar-refractivity contribution in [1.29, 1.82) is 0 Å². The molecule has 3 rings (SSSR count). The molecule has 0 saturated heterocycles. The van der Waals surface area contributed by atoms with E-state index in [0.29, 0.717) is 28.0 Å². The summed E-state index contributed by atoms with van der Waals surface area (Å²) >= 11 is 0. The van der Waals surface area contributed by atoms with Gasteiger partial charge in [-0.1, -0.05) is 6.07 Å². The lowest BCUT2D eigenvalue weighted by molar-refractivity contribution is 0.0527. The highest BCUT2D eigenvalue weighted by molar-refractivity contribution is 7.89. The van der Waals surface area contributed by atoms with E-state index in [9.17, 15) is 13.2 Å². The smallest absolute Gasteiger partial charge is 0.341 e. The molecule has 9 heteroatoms. The van der Waals surface area contributed by atoms with Crippen LogP contribution in [0.1, 0.15) is 17.3 Å². The van der Waals surface area contributed by atoms with Gasteiger partial charge in [0.25, 0.3) is 0 Å². The number of pyridine rings is 1. The molecule has 0 bridgehead atoms. The number of primary sulfonamides is 1. The van der Waals surface area contributed by atoms with Crippen LogP contribution in [0.4, 0.5) is 11.4 Å². The van der Waals surface area contributed by atoms with Gasteiger partial charge in [0.05, 0.1) is 29.8 Å². The molecule has 8 nitrogen and oxygen atoms in total. The lowest BCUT2D eigenvalue weighted by Crippen LogP contribution is -2.12. The number of nitrogens with two attached hydrogens (primary N) is 1. The summed E-state index contributed by atoms with van der Waals surface area (Å²) in [7, 11) is -2.34. The normalized spacial score (nSPS) is 11.2. The molecule has 0 unspecified atom stereocenters. The molecule has 0 atom stereocenters. The van der Waals surface area contributed by atoms with Crippen molar-refractivity contribution >= 4 is 38.3 Å². The number of nitrogens with one attached hydrogen (secondary N) is 1. The number of hydrogen-bond donors (Lipinski definition) is 2. The van der Waals surface area contributed by atoms with Crippen LogP contribution in [-0.4, -0.2) is 33.1 Å². The van der Waals surface area contributed by atoms with E-state index in [4.69, 9.17) is 14.6 Å². The zero-order valence-electron chi connectivity index (χ0n) is 15.3. The fourth-order valence-corrected chi connectivity index (χ4v) is 3.25. The molecule has 3 N–H and O–H groups in total. The fraction of sp³-hybridized carbons (Fsp3) is 0.158. The third-order valence-electron chi connectivity index (χ3n) is 4.00. The maximum Gasteiger partial charge on any atom is 0.341 e. The lowest BCUT2D eigenvalue weighted by atomic mass is 10.1. The summed E-state index contributed by atoms with van der Waals surface area (Å²) in [6.45, 7) is 1.91. The average molecular weight is 401 g/mol. The number of esters is 1. The minimum absolute atomic E-state index is 0.0499. The van der Waals surface area contributed by atoms with Crippen molar-refractivity contribution in [2.24, 2.45) is 5.14 Å². The Hall–Kier alpha value is -3.17. The van der Waals surface area contributed by atoms with Gasteiger partial charge in [-0.05, 0) is 43.3 Å². The summed E-state index contributed by atoms with van der Waals surface area (Å²) in [6, 6.07) is 11.2. The molecule has 146 valence electrons. The van der Waals surface area contributed by atoms with Crippen LogP contribution in [0, 0.1) is 0 Å². The number of sulfonamides is 1. The van der Waals surface area contributed by atoms with Crippen LogP contribution in [-0.2, 0) is 14.8 Å². The maximum absolute atomic E-state index is 12.4. The van der Waals surface area contributed by atoms with Crippen molar-refractivity contribution in [2.45, 2.75) is 11.8 Å². The van der Waals surface area contributed by atoms with E-state index < -0.39 is 16.0 Å². The SMILES string of the molecule is CCOC(=O)c1cnc2ccc(OC)cc2c1Nc1cccc(S(N)(=O)=O)c1. The number of carbonyl (C=O) groups is 1. The molecule has 1 aromatic heterocycles. The van der Waals surface area contributed by atoms with E-state index in [0.717, 1.165) is 0 Å². The van der Waals surface area contributed by atoms with Crippen LogP contribution in [0.15, 0.2) is 53.6 Å². The number of nitrogens with zero attached hydrogens (tertiary/aromatic N) is 1. The number of rotatable bonds is 6. The zero-order chi connectivity index (χ0) is 20.3. The highest BCUT2D eigenvalue weighted by Gasteiger charge is 2.18. The number of anilines is 2. The Bertz CT molecular complexity index is 1150. The predicted molar refractivity (Wildman–Crippen MR) is 105 cm³/mol. The standard InChI is InChI=1S/C19H19N3O5S/c1-3-27-19(23)16-11-21-17-8-7-13(26-2)10-15(17)18(16)22-12-5-4-6-14(9-12)28(20,24)25/h4-11H,3H2,1-2H3,(H,21,22)(H2,20,24,25). The second-order valence-electron chi connectivity index (χ2n) is 5.85. The molecule has 2 aromatic carbocycles. The van der Waals surface area contributed by atoms with Crippen LogP contribution in [0.3, 0.4) is 0 Å². The number of ether oxygens (including phenoxy) is 2. The van der Waals surface area contributed by atoms with Gasteiger partial charge in [0.1, 0.15) is 11.3 Å². The number of hydrogen-bond acceptors (Lipinski definition) is 7. The van der Waals surface area contributed by atoms with E-state index in [1.807, 2.05) is 0 Å². The molecule has 0 aliphatic carbocycles. The van der Waals surface area contributed by atoms with Crippen LogP contribution in [0.25, 0.3) is 10.9 Å². The largest absolute Gasteiger partial charge is 0.497 e. The van der Waals surface area contributed by atoms with Crippen LogP contribution < -0.4 is 15.2 Å². The summed E-state index contributed by atoms with van der Waals surface area (Å²) in [4.78, 5) is 16.7. The van der Waals surface area contributed by atoms with Gasteiger partial charge in [0.15, 0.2) is 0 Å². The van der Waals surface area contributed by atoms with E-state index >= 15 is 0 Å². The van der Waals surface area contributed by atoms with Gasteiger partial charge >= 0.3 is 5.97 Å². The van der Waals surface area contributed by atoms with Crippen molar-refractivity contribution in [1.82, 2.24) is 4.98 Å². The summed E-state index contributed by atoms with van der Waals surface area (Å²) < 4.78 is 33.7. The maximum atomic E-state index is 12.4. The van der Waals surface area contributed by atoms with Gasteiger partial charge < -0.3 is 14.8 Å². The van der Waals surface area contributed by atoms with Gasteiger partial charge in [-0.25, -0.2) is 18.4 Å². The molecule has 0 spiro atoms. The first kappa shape index (κ1) is 19.6. The van der Waals surface area contributed by atoms with Crippen molar-refractivity contribution in [3.05, 3.63) is 54.2 Å². The van der Waals surface area contributed by atoms with Crippen LogP contribution in [0.2, 0.25) is 0 Å². The monoisotopic (exact) mass is 401 g/mol. The zero-order valence-corrected chi connectivity index (χ0v) is 16.1. The summed E-state index contributed by atoms with van der Waals surface area (Å²) in [5, 5.41) is 8.93. The van der Waals surface area contributed by atoms with Crippen molar-refractivity contribution in [3.8, 4) is 5.75 Å². The molecular formula is C19H19N3O5S. The highest BCUT2D eigenvalue weighted by Crippen LogP contribution is 2.32. The quantitative estimate of drug-likeness (QED) is 0.609. The Kier molecular flexibility index (Phi) is 5.48. The molecule has 0 saturated carbocycles. The van der Waals surface area contributed by atoms with Crippen molar-refractivity contribution in [3.63, 3.8) is 0 Å². The van der Waals surface area contributed by atoms with E-state index in [1.54, 1.807) is 37.3 Å². The topological polar surface area (TPSA) is 121 Å². The Morgan fingerprint density at radius 2 is 2.00 bits per heavy atom. The molecule has 0 aliphatic heterocycles. The molecule has 3 aromatic rings. The van der Waals surface area contributed by atoms with Crippen molar-refractivity contribution in [2.75, 3.05) is 19.0 Å². The Balaban J connectivity index is 2.19. The van der Waals surface area contributed by atoms with E-state index in [1.165, 1.54) is 25.4 Å². The summed E-state index contributed by atoms with van der Waals surface area (Å²) in [6.07, 6.45) is 1.42. The predicted octanol–water partition coefficient (Wildman–Crippen LogP) is 2.81. The third kappa shape index (κ3) is 4.05. The second-order valence-corrected chi connectivity index (χ2v) is 7.41. The van der Waals surface area contributed by atoms with Crippen molar-refractivity contribution < 1.29 is 22.7 Å². The van der Waals surface area contributed by atoms with Crippen LogP contribution >= 0.6 is 0 Å². The number of methoxy groups -OCH3 is 1. The van der Waals surface area contributed by atoms with Crippen LogP contribution in [0.5, 0.6) is 5.75 Å². The number of benzene rings is 2. The Labute approximate surface area is 162 Å².